The SMILES string of the molecule is Cc1oc(-c2ccc(C(F)(F)F)cc2)cc1COc1cccc(C(C)SC(C)(C)C)c1. The number of hydrogen-bond donors (Lipinski definition) is 0. The van der Waals surface area contributed by atoms with Crippen LogP contribution in [0.15, 0.2) is 59.0 Å². The van der Waals surface area contributed by atoms with Gasteiger partial charge in [0.2, 0.25) is 0 Å². The van der Waals surface area contributed by atoms with Gasteiger partial charge in [0.05, 0.1) is 5.56 Å². The Morgan fingerprint density at radius 3 is 2.29 bits per heavy atom. The minimum atomic E-state index is -4.35. The van der Waals surface area contributed by atoms with Gasteiger partial charge in [-0.1, -0.05) is 45.0 Å². The molecule has 3 rings (SSSR count). The third kappa shape index (κ3) is 6.33. The van der Waals surface area contributed by atoms with Gasteiger partial charge < -0.3 is 9.15 Å². The predicted molar refractivity (Wildman–Crippen MR) is 120 cm³/mol. The summed E-state index contributed by atoms with van der Waals surface area (Å²) in [6, 6.07) is 14.8. The first-order valence-electron chi connectivity index (χ1n) is 10.1. The van der Waals surface area contributed by atoms with E-state index in [0.717, 1.165) is 23.4 Å². The number of halogens is 3. The van der Waals surface area contributed by atoms with Crippen LogP contribution in [0.5, 0.6) is 5.75 Å². The smallest absolute Gasteiger partial charge is 0.416 e. The van der Waals surface area contributed by atoms with Crippen LogP contribution in [0.3, 0.4) is 0 Å². The molecular formula is C25H27F3O2S. The molecule has 0 aliphatic rings. The molecule has 0 N–H and O–H groups in total. The Hall–Kier alpha value is -2.34. The van der Waals surface area contributed by atoms with Crippen molar-refractivity contribution in [2.75, 3.05) is 0 Å². The third-order valence-electron chi connectivity index (χ3n) is 4.77. The van der Waals surface area contributed by atoms with Crippen LogP contribution in [0.4, 0.5) is 13.2 Å². The summed E-state index contributed by atoms with van der Waals surface area (Å²) in [5.74, 6) is 1.98. The molecule has 6 heteroatoms. The molecule has 0 aliphatic carbocycles. The zero-order valence-corrected chi connectivity index (χ0v) is 19.2. The van der Waals surface area contributed by atoms with E-state index in [1.807, 2.05) is 36.9 Å². The standard InChI is InChI=1S/C25H27F3O2S/c1-16-20(14-23(30-16)18-9-11-21(12-10-18)25(26,27)28)15-29-22-8-6-7-19(13-22)17(2)31-24(3,4)5/h6-14,17H,15H2,1-5H3. The van der Waals surface area contributed by atoms with Gasteiger partial charge in [0.1, 0.15) is 23.9 Å². The summed E-state index contributed by atoms with van der Waals surface area (Å²) in [5, 5.41) is 0.338. The lowest BCUT2D eigenvalue weighted by Crippen LogP contribution is -2.09. The van der Waals surface area contributed by atoms with E-state index in [1.165, 1.54) is 17.7 Å². The largest absolute Gasteiger partial charge is 0.489 e. The second-order valence-electron chi connectivity index (χ2n) is 8.50. The molecule has 1 atom stereocenters. The lowest BCUT2D eigenvalue weighted by molar-refractivity contribution is -0.137. The molecule has 1 aromatic heterocycles. The highest BCUT2D eigenvalue weighted by Crippen LogP contribution is 2.39. The van der Waals surface area contributed by atoms with Gasteiger partial charge in [-0.2, -0.15) is 13.2 Å². The van der Waals surface area contributed by atoms with E-state index in [2.05, 4.69) is 39.8 Å². The molecule has 31 heavy (non-hydrogen) atoms. The fourth-order valence-electron chi connectivity index (χ4n) is 3.25. The first-order valence-corrected chi connectivity index (χ1v) is 11.0. The molecule has 0 spiro atoms. The molecular weight excluding hydrogens is 421 g/mol. The number of furan rings is 1. The van der Waals surface area contributed by atoms with Crippen LogP contribution in [-0.2, 0) is 12.8 Å². The number of thioether (sulfide) groups is 1. The van der Waals surface area contributed by atoms with Crippen molar-refractivity contribution in [3.63, 3.8) is 0 Å². The van der Waals surface area contributed by atoms with Crippen LogP contribution in [0.1, 0.15) is 55.4 Å². The lowest BCUT2D eigenvalue weighted by Gasteiger charge is -2.23. The summed E-state index contributed by atoms with van der Waals surface area (Å²) in [6.45, 7) is 10.9. The predicted octanol–water partition coefficient (Wildman–Crippen LogP) is 8.45. The van der Waals surface area contributed by atoms with Crippen LogP contribution < -0.4 is 4.74 Å². The zero-order valence-electron chi connectivity index (χ0n) is 18.3. The molecule has 0 aliphatic heterocycles. The van der Waals surface area contributed by atoms with Gasteiger partial charge in [0.25, 0.3) is 0 Å². The third-order valence-corrected chi connectivity index (χ3v) is 6.10. The minimum absolute atomic E-state index is 0.166. The molecule has 1 unspecified atom stereocenters. The van der Waals surface area contributed by atoms with E-state index >= 15 is 0 Å². The molecule has 2 aromatic carbocycles. The van der Waals surface area contributed by atoms with Crippen molar-refractivity contribution in [1.82, 2.24) is 0 Å². The van der Waals surface area contributed by atoms with E-state index in [9.17, 15) is 13.2 Å². The fraction of sp³-hybridized carbons (Fsp3) is 0.360. The van der Waals surface area contributed by atoms with Gasteiger partial charge in [-0.3, -0.25) is 0 Å². The average Bonchev–Trinajstić information content (AvgIpc) is 3.05. The minimum Gasteiger partial charge on any atom is -0.489 e. The molecule has 0 fully saturated rings. The van der Waals surface area contributed by atoms with Crippen LogP contribution in [0, 0.1) is 6.92 Å². The Morgan fingerprint density at radius 1 is 1.00 bits per heavy atom. The Morgan fingerprint density at radius 2 is 1.68 bits per heavy atom. The summed E-state index contributed by atoms with van der Waals surface area (Å²) in [6.07, 6.45) is -4.35. The van der Waals surface area contributed by atoms with Gasteiger partial charge in [-0.15, -0.1) is 11.8 Å². The summed E-state index contributed by atoms with van der Waals surface area (Å²) < 4.78 is 50.2. The van der Waals surface area contributed by atoms with E-state index in [1.54, 1.807) is 0 Å². The second-order valence-corrected chi connectivity index (χ2v) is 10.7. The van der Waals surface area contributed by atoms with Crippen molar-refractivity contribution in [3.8, 4) is 17.1 Å². The molecule has 0 saturated carbocycles. The maximum atomic E-state index is 12.8. The zero-order chi connectivity index (χ0) is 22.8. The van der Waals surface area contributed by atoms with Crippen LogP contribution in [0.2, 0.25) is 0 Å². The second kappa shape index (κ2) is 9.03. The highest BCUT2D eigenvalue weighted by atomic mass is 32.2. The van der Waals surface area contributed by atoms with Gasteiger partial charge >= 0.3 is 6.18 Å². The summed E-state index contributed by atoms with van der Waals surface area (Å²) in [7, 11) is 0. The summed E-state index contributed by atoms with van der Waals surface area (Å²) >= 11 is 1.90. The normalized spacial score (nSPS) is 13.3. The molecule has 0 bridgehead atoms. The maximum Gasteiger partial charge on any atom is 0.416 e. The molecule has 166 valence electrons. The van der Waals surface area contributed by atoms with Gasteiger partial charge in [-0.25, -0.2) is 0 Å². The fourth-order valence-corrected chi connectivity index (χ4v) is 4.59. The number of rotatable bonds is 6. The Kier molecular flexibility index (Phi) is 6.79. The number of alkyl halides is 3. The van der Waals surface area contributed by atoms with Crippen molar-refractivity contribution in [1.29, 1.82) is 0 Å². The highest BCUT2D eigenvalue weighted by Gasteiger charge is 2.30. The monoisotopic (exact) mass is 448 g/mol. The Balaban J connectivity index is 1.70. The van der Waals surface area contributed by atoms with Crippen molar-refractivity contribution in [2.45, 2.75) is 57.4 Å². The summed E-state index contributed by atoms with van der Waals surface area (Å²) in [5.41, 5.74) is 1.98. The van der Waals surface area contributed by atoms with Crippen LogP contribution in [-0.4, -0.2) is 4.75 Å². The van der Waals surface area contributed by atoms with Crippen molar-refractivity contribution in [3.05, 3.63) is 77.0 Å². The van der Waals surface area contributed by atoms with Crippen molar-refractivity contribution < 1.29 is 22.3 Å². The van der Waals surface area contributed by atoms with Gasteiger partial charge in [0.15, 0.2) is 0 Å². The maximum absolute atomic E-state index is 12.8. The molecule has 3 aromatic rings. The lowest BCUT2D eigenvalue weighted by atomic mass is 10.1. The van der Waals surface area contributed by atoms with E-state index in [4.69, 9.17) is 9.15 Å². The van der Waals surface area contributed by atoms with Crippen molar-refractivity contribution in [2.24, 2.45) is 0 Å². The molecule has 0 saturated heterocycles. The topological polar surface area (TPSA) is 22.4 Å². The number of ether oxygens (including phenoxy) is 1. The Bertz CT molecular complexity index is 1010. The number of benzene rings is 2. The molecule has 2 nitrogen and oxygen atoms in total. The van der Waals surface area contributed by atoms with Crippen LogP contribution >= 0.6 is 11.8 Å². The molecule has 0 amide bonds. The first-order chi connectivity index (χ1) is 14.4. The van der Waals surface area contributed by atoms with Gasteiger partial charge in [0, 0.05) is 21.1 Å². The van der Waals surface area contributed by atoms with E-state index in [-0.39, 0.29) is 4.75 Å². The first kappa shape index (κ1) is 23.3. The number of aryl methyl sites for hydroxylation is 1. The van der Waals surface area contributed by atoms with E-state index in [0.29, 0.717) is 28.9 Å². The van der Waals surface area contributed by atoms with Gasteiger partial charge in [-0.05, 0) is 49.7 Å². The highest BCUT2D eigenvalue weighted by molar-refractivity contribution is 8.00. The molecule has 1 heterocycles. The van der Waals surface area contributed by atoms with Crippen molar-refractivity contribution >= 4 is 11.8 Å². The summed E-state index contributed by atoms with van der Waals surface area (Å²) in [4.78, 5) is 0. The Labute approximate surface area is 185 Å². The quantitative estimate of drug-likeness (QED) is 0.378. The van der Waals surface area contributed by atoms with Crippen LogP contribution in [0.25, 0.3) is 11.3 Å². The number of hydrogen-bond acceptors (Lipinski definition) is 3. The van der Waals surface area contributed by atoms with E-state index < -0.39 is 11.7 Å². The average molecular weight is 449 g/mol. The molecule has 0 radical (unpaired) electrons.